The fraction of sp³-hybridized carbons (Fsp3) is 0.190. The highest BCUT2D eigenvalue weighted by Crippen LogP contribution is 2.35. The van der Waals surface area contributed by atoms with Gasteiger partial charge in [-0.2, -0.15) is 0 Å². The number of benzene rings is 2. The van der Waals surface area contributed by atoms with Crippen LogP contribution in [0.3, 0.4) is 0 Å². The summed E-state index contributed by atoms with van der Waals surface area (Å²) in [5, 5.41) is 11.5. The maximum Gasteiger partial charge on any atom is 0.307 e. The molecule has 6 nitrogen and oxygen atoms in total. The van der Waals surface area contributed by atoms with Gasteiger partial charge in [-0.1, -0.05) is 48.8 Å². The SMILES string of the molecule is C=C(CC)C(=O)c1ccc(OCC(=O)Nc2ccc(CC(=O)O)cc2)c(Cl)c1Cl. The molecule has 0 aromatic heterocycles. The molecule has 0 atom stereocenters. The second-order valence-electron chi connectivity index (χ2n) is 6.13. The molecule has 2 N–H and O–H groups in total. The average molecular weight is 436 g/mol. The zero-order chi connectivity index (χ0) is 21.6. The van der Waals surface area contributed by atoms with E-state index >= 15 is 0 Å². The molecule has 0 saturated carbocycles. The monoisotopic (exact) mass is 435 g/mol. The van der Waals surface area contributed by atoms with Gasteiger partial charge in [0, 0.05) is 11.3 Å². The molecule has 2 rings (SSSR count). The van der Waals surface area contributed by atoms with Crippen LogP contribution in [-0.2, 0) is 16.0 Å². The van der Waals surface area contributed by atoms with Crippen LogP contribution >= 0.6 is 23.2 Å². The van der Waals surface area contributed by atoms with Gasteiger partial charge >= 0.3 is 5.97 Å². The normalized spacial score (nSPS) is 10.3. The molecule has 29 heavy (non-hydrogen) atoms. The average Bonchev–Trinajstić information content (AvgIpc) is 2.69. The number of Topliss-reactive ketones (excluding diaryl/α,β-unsaturated/α-hetero) is 1. The fourth-order valence-corrected chi connectivity index (χ4v) is 2.85. The molecule has 0 bridgehead atoms. The van der Waals surface area contributed by atoms with Crippen molar-refractivity contribution in [1.29, 1.82) is 0 Å². The van der Waals surface area contributed by atoms with Crippen molar-refractivity contribution in [2.45, 2.75) is 19.8 Å². The number of carboxylic acid groups (broad SMARTS) is 1. The second kappa shape index (κ2) is 10.1. The highest BCUT2D eigenvalue weighted by atomic mass is 35.5. The number of nitrogens with one attached hydrogen (secondary N) is 1. The number of amides is 1. The van der Waals surface area contributed by atoms with Crippen molar-refractivity contribution in [2.24, 2.45) is 0 Å². The van der Waals surface area contributed by atoms with Crippen molar-refractivity contribution < 1.29 is 24.2 Å². The Morgan fingerprint density at radius 3 is 2.31 bits per heavy atom. The smallest absolute Gasteiger partial charge is 0.307 e. The van der Waals surface area contributed by atoms with Crippen molar-refractivity contribution in [3.63, 3.8) is 0 Å². The van der Waals surface area contributed by atoms with Gasteiger partial charge in [0.1, 0.15) is 10.8 Å². The van der Waals surface area contributed by atoms with Crippen LogP contribution in [0.15, 0.2) is 48.6 Å². The van der Waals surface area contributed by atoms with E-state index < -0.39 is 11.9 Å². The lowest BCUT2D eigenvalue weighted by Crippen LogP contribution is -2.20. The molecule has 0 aliphatic rings. The standard InChI is InChI=1S/C21H19Cl2NO5/c1-3-12(2)21(28)15-8-9-16(20(23)19(15)22)29-11-17(25)24-14-6-4-13(5-7-14)10-18(26)27/h4-9H,2-3,10-11H2,1H3,(H,24,25)(H,26,27). The molecule has 0 spiro atoms. The Balaban J connectivity index is 1.99. The van der Waals surface area contributed by atoms with Gasteiger partial charge in [0.25, 0.3) is 5.91 Å². The van der Waals surface area contributed by atoms with Gasteiger partial charge in [-0.15, -0.1) is 0 Å². The summed E-state index contributed by atoms with van der Waals surface area (Å²) in [6, 6.07) is 9.37. The maximum atomic E-state index is 12.2. The van der Waals surface area contributed by atoms with Gasteiger partial charge in [0.15, 0.2) is 12.4 Å². The molecule has 0 radical (unpaired) electrons. The van der Waals surface area contributed by atoms with Crippen molar-refractivity contribution in [3.05, 3.63) is 69.7 Å². The van der Waals surface area contributed by atoms with Crippen LogP contribution in [0.25, 0.3) is 0 Å². The zero-order valence-corrected chi connectivity index (χ0v) is 17.1. The zero-order valence-electron chi connectivity index (χ0n) is 15.6. The molecule has 0 saturated heterocycles. The van der Waals surface area contributed by atoms with E-state index in [9.17, 15) is 14.4 Å². The van der Waals surface area contributed by atoms with Crippen LogP contribution in [-0.4, -0.2) is 29.4 Å². The highest BCUT2D eigenvalue weighted by Gasteiger charge is 2.18. The van der Waals surface area contributed by atoms with Gasteiger partial charge in [0.05, 0.1) is 11.4 Å². The van der Waals surface area contributed by atoms with Gasteiger partial charge in [-0.3, -0.25) is 14.4 Å². The number of allylic oxidation sites excluding steroid dienone is 1. The first-order valence-electron chi connectivity index (χ1n) is 8.66. The molecule has 0 aliphatic heterocycles. The summed E-state index contributed by atoms with van der Waals surface area (Å²) >= 11 is 12.3. The Hall–Kier alpha value is -2.83. The quantitative estimate of drug-likeness (QED) is 0.436. The van der Waals surface area contributed by atoms with E-state index in [1.807, 2.05) is 6.92 Å². The number of anilines is 1. The summed E-state index contributed by atoms with van der Waals surface area (Å²) < 4.78 is 5.41. The summed E-state index contributed by atoms with van der Waals surface area (Å²) in [5.41, 5.74) is 1.75. The summed E-state index contributed by atoms with van der Waals surface area (Å²) in [6.07, 6.45) is 0.392. The predicted molar refractivity (Wildman–Crippen MR) is 112 cm³/mol. The molecule has 2 aromatic rings. The third kappa shape index (κ3) is 6.07. The minimum Gasteiger partial charge on any atom is -0.482 e. The van der Waals surface area contributed by atoms with E-state index in [1.54, 1.807) is 24.3 Å². The third-order valence-corrected chi connectivity index (χ3v) is 4.86. The van der Waals surface area contributed by atoms with Gasteiger partial charge in [-0.25, -0.2) is 0 Å². The van der Waals surface area contributed by atoms with Crippen LogP contribution in [0, 0.1) is 0 Å². The van der Waals surface area contributed by atoms with Crippen LogP contribution in [0.2, 0.25) is 10.0 Å². The number of ketones is 1. The Labute approximate surface area is 178 Å². The first kappa shape index (κ1) is 22.5. The summed E-state index contributed by atoms with van der Waals surface area (Å²) in [7, 11) is 0. The minimum atomic E-state index is -0.933. The molecular formula is C21H19Cl2NO5. The lowest BCUT2D eigenvalue weighted by Gasteiger charge is -2.12. The van der Waals surface area contributed by atoms with E-state index in [2.05, 4.69) is 11.9 Å². The number of rotatable bonds is 9. The van der Waals surface area contributed by atoms with Crippen molar-refractivity contribution in [2.75, 3.05) is 11.9 Å². The molecule has 2 aromatic carbocycles. The second-order valence-corrected chi connectivity index (χ2v) is 6.89. The van der Waals surface area contributed by atoms with E-state index in [1.165, 1.54) is 12.1 Å². The highest BCUT2D eigenvalue weighted by molar-refractivity contribution is 6.45. The predicted octanol–water partition coefficient (Wildman–Crippen LogP) is 4.79. The molecule has 0 heterocycles. The van der Waals surface area contributed by atoms with Gasteiger partial charge < -0.3 is 15.2 Å². The largest absolute Gasteiger partial charge is 0.482 e. The summed E-state index contributed by atoms with van der Waals surface area (Å²) in [4.78, 5) is 35.0. The molecule has 152 valence electrons. The van der Waals surface area contributed by atoms with Crippen LogP contribution in [0.4, 0.5) is 5.69 Å². The topological polar surface area (TPSA) is 92.7 Å². The van der Waals surface area contributed by atoms with Crippen molar-refractivity contribution in [1.82, 2.24) is 0 Å². The molecule has 0 fully saturated rings. The first-order chi connectivity index (χ1) is 13.7. The number of aliphatic carboxylic acids is 1. The lowest BCUT2D eigenvalue weighted by molar-refractivity contribution is -0.136. The number of halogens is 2. The first-order valence-corrected chi connectivity index (χ1v) is 9.42. The van der Waals surface area contributed by atoms with Gasteiger partial charge in [-0.05, 0) is 41.8 Å². The Kier molecular flexibility index (Phi) is 7.82. The molecule has 1 amide bonds. The van der Waals surface area contributed by atoms with Crippen molar-refractivity contribution in [3.8, 4) is 5.75 Å². The molecular weight excluding hydrogens is 417 g/mol. The summed E-state index contributed by atoms with van der Waals surface area (Å²) in [5.74, 6) is -1.50. The number of ether oxygens (including phenoxy) is 1. The Morgan fingerprint density at radius 2 is 1.72 bits per heavy atom. The van der Waals surface area contributed by atoms with Gasteiger partial charge in [0.2, 0.25) is 0 Å². The van der Waals surface area contributed by atoms with E-state index in [0.29, 0.717) is 23.2 Å². The molecule has 8 heteroatoms. The Bertz CT molecular complexity index is 954. The number of hydrogen-bond acceptors (Lipinski definition) is 4. The van der Waals surface area contributed by atoms with E-state index in [4.69, 9.17) is 33.0 Å². The third-order valence-electron chi connectivity index (χ3n) is 3.99. The molecule has 0 aliphatic carbocycles. The van der Waals surface area contributed by atoms with Crippen LogP contribution < -0.4 is 10.1 Å². The van der Waals surface area contributed by atoms with E-state index in [-0.39, 0.29) is 40.2 Å². The number of carbonyl (C=O) groups excluding carboxylic acids is 2. The number of carbonyl (C=O) groups is 3. The summed E-state index contributed by atoms with van der Waals surface area (Å²) in [6.45, 7) is 5.18. The number of hydrogen-bond donors (Lipinski definition) is 2. The number of carboxylic acids is 1. The van der Waals surface area contributed by atoms with Crippen LogP contribution in [0.5, 0.6) is 5.75 Å². The lowest BCUT2D eigenvalue weighted by atomic mass is 10.0. The maximum absolute atomic E-state index is 12.2. The minimum absolute atomic E-state index is 0.0345. The molecule has 0 unspecified atom stereocenters. The van der Waals surface area contributed by atoms with Crippen LogP contribution in [0.1, 0.15) is 29.3 Å². The van der Waals surface area contributed by atoms with Crippen molar-refractivity contribution >= 4 is 46.5 Å². The fourth-order valence-electron chi connectivity index (χ4n) is 2.39. The Morgan fingerprint density at radius 1 is 1.07 bits per heavy atom. The van der Waals surface area contributed by atoms with E-state index in [0.717, 1.165) is 0 Å².